The maximum atomic E-state index is 11.7. The Morgan fingerprint density at radius 3 is 2.78 bits per heavy atom. The standard InChI is InChI=1S/C15H20O3/c1-10(2)13-9-12(15(16)17-3)8-11-6-4-5-7-18-14(11)13/h8-10H,4-7H2,1-3H3. The Balaban J connectivity index is 2.52. The Morgan fingerprint density at radius 1 is 1.33 bits per heavy atom. The molecule has 3 nitrogen and oxygen atoms in total. The third kappa shape index (κ3) is 2.50. The van der Waals surface area contributed by atoms with Crippen LogP contribution in [0.2, 0.25) is 0 Å². The lowest BCUT2D eigenvalue weighted by atomic mass is 9.94. The third-order valence-corrected chi connectivity index (χ3v) is 3.32. The quantitative estimate of drug-likeness (QED) is 0.753. The number of fused-ring (bicyclic) bond motifs is 1. The predicted octanol–water partition coefficient (Wildman–Crippen LogP) is 3.31. The van der Waals surface area contributed by atoms with E-state index in [9.17, 15) is 4.79 Å². The van der Waals surface area contributed by atoms with Crippen molar-refractivity contribution in [2.24, 2.45) is 0 Å². The van der Waals surface area contributed by atoms with E-state index in [2.05, 4.69) is 13.8 Å². The number of carbonyl (C=O) groups is 1. The molecule has 0 radical (unpaired) electrons. The Labute approximate surface area is 108 Å². The highest BCUT2D eigenvalue weighted by Gasteiger charge is 2.19. The van der Waals surface area contributed by atoms with E-state index in [1.807, 2.05) is 12.1 Å². The van der Waals surface area contributed by atoms with E-state index in [1.165, 1.54) is 7.11 Å². The number of carbonyl (C=O) groups excluding carboxylic acids is 1. The van der Waals surface area contributed by atoms with Crippen LogP contribution >= 0.6 is 0 Å². The summed E-state index contributed by atoms with van der Waals surface area (Å²) >= 11 is 0. The second kappa shape index (κ2) is 5.42. The Morgan fingerprint density at radius 2 is 2.11 bits per heavy atom. The molecule has 1 aromatic carbocycles. The van der Waals surface area contributed by atoms with Crippen LogP contribution in [-0.2, 0) is 11.2 Å². The van der Waals surface area contributed by atoms with E-state index in [0.717, 1.165) is 42.7 Å². The summed E-state index contributed by atoms with van der Waals surface area (Å²) in [7, 11) is 1.42. The van der Waals surface area contributed by atoms with Crippen LogP contribution in [0.3, 0.4) is 0 Å². The van der Waals surface area contributed by atoms with Crippen molar-refractivity contribution in [3.63, 3.8) is 0 Å². The Bertz CT molecular complexity index is 449. The SMILES string of the molecule is COC(=O)c1cc2c(c(C(C)C)c1)OCCCC2. The van der Waals surface area contributed by atoms with Gasteiger partial charge in [0.05, 0.1) is 19.3 Å². The summed E-state index contributed by atoms with van der Waals surface area (Å²) in [5, 5.41) is 0. The second-order valence-electron chi connectivity index (χ2n) is 5.01. The van der Waals surface area contributed by atoms with Gasteiger partial charge in [0.2, 0.25) is 0 Å². The number of methoxy groups -OCH3 is 1. The smallest absolute Gasteiger partial charge is 0.337 e. The molecule has 1 aliphatic heterocycles. The van der Waals surface area contributed by atoms with Gasteiger partial charge in [-0.25, -0.2) is 4.79 Å². The van der Waals surface area contributed by atoms with E-state index < -0.39 is 0 Å². The van der Waals surface area contributed by atoms with Gasteiger partial charge in [0.1, 0.15) is 5.75 Å². The molecule has 0 bridgehead atoms. The van der Waals surface area contributed by atoms with Crippen LogP contribution in [0.5, 0.6) is 5.75 Å². The molecule has 0 saturated carbocycles. The molecule has 18 heavy (non-hydrogen) atoms. The van der Waals surface area contributed by atoms with Gasteiger partial charge in [0.25, 0.3) is 0 Å². The van der Waals surface area contributed by atoms with Crippen molar-refractivity contribution in [2.75, 3.05) is 13.7 Å². The lowest BCUT2D eigenvalue weighted by molar-refractivity contribution is 0.0600. The van der Waals surface area contributed by atoms with Crippen molar-refractivity contribution in [1.82, 2.24) is 0 Å². The molecular formula is C15H20O3. The lowest BCUT2D eigenvalue weighted by Gasteiger charge is -2.17. The van der Waals surface area contributed by atoms with Crippen LogP contribution in [-0.4, -0.2) is 19.7 Å². The van der Waals surface area contributed by atoms with Gasteiger partial charge in [-0.1, -0.05) is 13.8 Å². The van der Waals surface area contributed by atoms with Gasteiger partial charge < -0.3 is 9.47 Å². The van der Waals surface area contributed by atoms with E-state index in [4.69, 9.17) is 9.47 Å². The first-order chi connectivity index (χ1) is 8.63. The highest BCUT2D eigenvalue weighted by Crippen LogP contribution is 2.34. The molecule has 3 heteroatoms. The minimum atomic E-state index is -0.274. The average Bonchev–Trinajstić information content (AvgIpc) is 2.61. The van der Waals surface area contributed by atoms with E-state index >= 15 is 0 Å². The highest BCUT2D eigenvalue weighted by atomic mass is 16.5. The van der Waals surface area contributed by atoms with Gasteiger partial charge in [0.15, 0.2) is 0 Å². The summed E-state index contributed by atoms with van der Waals surface area (Å²) in [6.45, 7) is 5.00. The summed E-state index contributed by atoms with van der Waals surface area (Å²) in [5.74, 6) is 1.04. The van der Waals surface area contributed by atoms with Gasteiger partial charge >= 0.3 is 5.97 Å². The summed E-state index contributed by atoms with van der Waals surface area (Å²) in [6, 6.07) is 3.82. The Hall–Kier alpha value is -1.51. The van der Waals surface area contributed by atoms with E-state index in [0.29, 0.717) is 11.5 Å². The zero-order valence-electron chi connectivity index (χ0n) is 11.3. The van der Waals surface area contributed by atoms with E-state index in [-0.39, 0.29) is 5.97 Å². The molecule has 98 valence electrons. The number of benzene rings is 1. The van der Waals surface area contributed by atoms with Crippen LogP contribution in [0, 0.1) is 0 Å². The molecule has 1 aliphatic rings. The molecule has 0 atom stereocenters. The number of esters is 1. The Kier molecular flexibility index (Phi) is 3.90. The molecule has 1 aromatic rings. The minimum absolute atomic E-state index is 0.274. The van der Waals surface area contributed by atoms with Crippen molar-refractivity contribution in [3.8, 4) is 5.75 Å². The molecule has 0 aliphatic carbocycles. The molecule has 0 fully saturated rings. The molecule has 0 spiro atoms. The summed E-state index contributed by atoms with van der Waals surface area (Å²) in [4.78, 5) is 11.7. The molecule has 2 rings (SSSR count). The first-order valence-corrected chi connectivity index (χ1v) is 6.51. The van der Waals surface area contributed by atoms with Crippen LogP contribution in [0.1, 0.15) is 54.1 Å². The first kappa shape index (κ1) is 12.9. The molecule has 0 aromatic heterocycles. The number of ether oxygens (including phenoxy) is 2. The monoisotopic (exact) mass is 248 g/mol. The van der Waals surface area contributed by atoms with Crippen LogP contribution in [0.15, 0.2) is 12.1 Å². The summed E-state index contributed by atoms with van der Waals surface area (Å²) in [5.41, 5.74) is 2.87. The van der Waals surface area contributed by atoms with Crippen molar-refractivity contribution in [1.29, 1.82) is 0 Å². The van der Waals surface area contributed by atoms with Crippen LogP contribution in [0.4, 0.5) is 0 Å². The zero-order valence-corrected chi connectivity index (χ0v) is 11.3. The largest absolute Gasteiger partial charge is 0.493 e. The van der Waals surface area contributed by atoms with Crippen molar-refractivity contribution < 1.29 is 14.3 Å². The fourth-order valence-corrected chi connectivity index (χ4v) is 2.33. The molecule has 0 unspecified atom stereocenters. The number of hydrogen-bond acceptors (Lipinski definition) is 3. The molecular weight excluding hydrogens is 228 g/mol. The first-order valence-electron chi connectivity index (χ1n) is 6.51. The van der Waals surface area contributed by atoms with Gasteiger partial charge in [-0.15, -0.1) is 0 Å². The fourth-order valence-electron chi connectivity index (χ4n) is 2.33. The lowest BCUT2D eigenvalue weighted by Crippen LogP contribution is -2.07. The van der Waals surface area contributed by atoms with Gasteiger partial charge in [-0.05, 0) is 48.4 Å². The third-order valence-electron chi connectivity index (χ3n) is 3.32. The summed E-state index contributed by atoms with van der Waals surface area (Å²) < 4.78 is 10.7. The number of hydrogen-bond donors (Lipinski definition) is 0. The average molecular weight is 248 g/mol. The maximum absolute atomic E-state index is 11.7. The van der Waals surface area contributed by atoms with Crippen molar-refractivity contribution in [3.05, 3.63) is 28.8 Å². The van der Waals surface area contributed by atoms with E-state index in [1.54, 1.807) is 0 Å². The normalized spacial score (nSPS) is 14.7. The fraction of sp³-hybridized carbons (Fsp3) is 0.533. The summed E-state index contributed by atoms with van der Waals surface area (Å²) in [6.07, 6.45) is 3.15. The molecule has 1 heterocycles. The van der Waals surface area contributed by atoms with Crippen molar-refractivity contribution in [2.45, 2.75) is 39.0 Å². The topological polar surface area (TPSA) is 35.5 Å². The van der Waals surface area contributed by atoms with Gasteiger partial charge in [0, 0.05) is 0 Å². The van der Waals surface area contributed by atoms with Gasteiger partial charge in [-0.2, -0.15) is 0 Å². The molecule has 0 amide bonds. The van der Waals surface area contributed by atoms with Gasteiger partial charge in [-0.3, -0.25) is 0 Å². The maximum Gasteiger partial charge on any atom is 0.337 e. The van der Waals surface area contributed by atoms with Crippen LogP contribution < -0.4 is 4.74 Å². The molecule has 0 saturated heterocycles. The predicted molar refractivity (Wildman–Crippen MR) is 70.3 cm³/mol. The van der Waals surface area contributed by atoms with Crippen LogP contribution in [0.25, 0.3) is 0 Å². The minimum Gasteiger partial charge on any atom is -0.493 e. The number of aryl methyl sites for hydroxylation is 1. The van der Waals surface area contributed by atoms with Crippen molar-refractivity contribution >= 4 is 5.97 Å². The highest BCUT2D eigenvalue weighted by molar-refractivity contribution is 5.90. The number of rotatable bonds is 2. The second-order valence-corrected chi connectivity index (χ2v) is 5.01. The zero-order chi connectivity index (χ0) is 13.1. The molecule has 0 N–H and O–H groups in total.